The van der Waals surface area contributed by atoms with Crippen molar-refractivity contribution in [2.75, 3.05) is 0 Å². The van der Waals surface area contributed by atoms with E-state index in [4.69, 9.17) is 23.2 Å². The summed E-state index contributed by atoms with van der Waals surface area (Å²) in [6, 6.07) is 0. The summed E-state index contributed by atoms with van der Waals surface area (Å²) in [5, 5.41) is 0.611. The van der Waals surface area contributed by atoms with Crippen molar-refractivity contribution in [3.63, 3.8) is 0 Å². The summed E-state index contributed by atoms with van der Waals surface area (Å²) in [7, 11) is 0. The minimum absolute atomic E-state index is 0.167. The molecular formula is C9H8Cl2N4. The first-order valence-corrected chi connectivity index (χ1v) is 5.04. The third-order valence-electron chi connectivity index (χ3n) is 2.18. The third-order valence-corrected chi connectivity index (χ3v) is 2.62. The van der Waals surface area contributed by atoms with E-state index in [-0.39, 0.29) is 5.28 Å². The molecule has 0 saturated carbocycles. The first-order valence-electron chi connectivity index (χ1n) is 4.28. The molecule has 0 saturated heterocycles. The van der Waals surface area contributed by atoms with Gasteiger partial charge in [-0.2, -0.15) is 4.98 Å². The molecule has 2 heterocycles. The van der Waals surface area contributed by atoms with Gasteiger partial charge in [-0.3, -0.25) is 4.57 Å². The SMILES string of the molecule is Cc1ncn(-c2nc(Cl)ncc2Cl)c1C. The normalized spacial score (nSPS) is 10.7. The fraction of sp³-hybridized carbons (Fsp3) is 0.222. The van der Waals surface area contributed by atoms with Gasteiger partial charge in [0.25, 0.3) is 0 Å². The number of rotatable bonds is 1. The molecular weight excluding hydrogens is 235 g/mol. The monoisotopic (exact) mass is 242 g/mol. The number of hydrogen-bond acceptors (Lipinski definition) is 3. The first kappa shape index (κ1) is 10.4. The maximum atomic E-state index is 5.98. The summed E-state index contributed by atoms with van der Waals surface area (Å²) in [6.07, 6.45) is 3.14. The number of nitrogens with zero attached hydrogens (tertiary/aromatic N) is 4. The largest absolute Gasteiger partial charge is 0.286 e. The minimum Gasteiger partial charge on any atom is -0.286 e. The van der Waals surface area contributed by atoms with Gasteiger partial charge in [-0.05, 0) is 25.4 Å². The molecule has 0 fully saturated rings. The van der Waals surface area contributed by atoms with Crippen molar-refractivity contribution in [3.8, 4) is 5.82 Å². The highest BCUT2D eigenvalue weighted by molar-refractivity contribution is 6.32. The molecule has 0 aliphatic rings. The zero-order chi connectivity index (χ0) is 11.0. The van der Waals surface area contributed by atoms with E-state index in [9.17, 15) is 0 Å². The Morgan fingerprint density at radius 1 is 1.20 bits per heavy atom. The van der Waals surface area contributed by atoms with Crippen molar-refractivity contribution in [2.45, 2.75) is 13.8 Å². The van der Waals surface area contributed by atoms with Crippen LogP contribution in [-0.4, -0.2) is 19.5 Å². The smallest absolute Gasteiger partial charge is 0.224 e. The van der Waals surface area contributed by atoms with Crippen LogP contribution >= 0.6 is 23.2 Å². The average molecular weight is 243 g/mol. The van der Waals surface area contributed by atoms with Crippen LogP contribution in [0, 0.1) is 13.8 Å². The Bertz CT molecular complexity index is 507. The van der Waals surface area contributed by atoms with Gasteiger partial charge >= 0.3 is 0 Å². The Labute approximate surface area is 96.9 Å². The Morgan fingerprint density at radius 2 is 1.93 bits per heavy atom. The molecule has 0 unspecified atom stereocenters. The van der Waals surface area contributed by atoms with Crippen LogP contribution in [0.25, 0.3) is 5.82 Å². The molecule has 2 rings (SSSR count). The molecule has 78 valence electrons. The highest BCUT2D eigenvalue weighted by atomic mass is 35.5. The standard InChI is InChI=1S/C9H8Cl2N4/c1-5-6(2)15(4-13-5)8-7(10)3-12-9(11)14-8/h3-4H,1-2H3. The lowest BCUT2D eigenvalue weighted by Crippen LogP contribution is -2.00. The number of aromatic nitrogens is 4. The van der Waals surface area contributed by atoms with Gasteiger partial charge in [-0.25, -0.2) is 9.97 Å². The molecule has 4 nitrogen and oxygen atoms in total. The van der Waals surface area contributed by atoms with Crippen molar-refractivity contribution >= 4 is 23.2 Å². The van der Waals surface area contributed by atoms with Gasteiger partial charge in [0.2, 0.25) is 5.28 Å². The lowest BCUT2D eigenvalue weighted by atomic mass is 10.4. The maximum Gasteiger partial charge on any atom is 0.224 e. The quantitative estimate of drug-likeness (QED) is 0.723. The topological polar surface area (TPSA) is 43.6 Å². The second-order valence-electron chi connectivity index (χ2n) is 3.10. The van der Waals surface area contributed by atoms with Crippen LogP contribution in [0.5, 0.6) is 0 Å². The van der Waals surface area contributed by atoms with Crippen molar-refractivity contribution < 1.29 is 0 Å². The van der Waals surface area contributed by atoms with E-state index >= 15 is 0 Å². The van der Waals surface area contributed by atoms with Crippen LogP contribution in [0.1, 0.15) is 11.4 Å². The summed E-state index contributed by atoms with van der Waals surface area (Å²) in [4.78, 5) is 12.0. The number of imidazole rings is 1. The van der Waals surface area contributed by atoms with Gasteiger partial charge in [0, 0.05) is 5.69 Å². The zero-order valence-electron chi connectivity index (χ0n) is 8.20. The fourth-order valence-electron chi connectivity index (χ4n) is 1.22. The molecule has 0 aliphatic carbocycles. The average Bonchev–Trinajstić information content (AvgIpc) is 2.52. The number of aryl methyl sites for hydroxylation is 1. The Kier molecular flexibility index (Phi) is 2.63. The minimum atomic E-state index is 0.167. The predicted molar refractivity (Wildman–Crippen MR) is 58.6 cm³/mol. The van der Waals surface area contributed by atoms with Gasteiger partial charge in [-0.1, -0.05) is 11.6 Å². The second-order valence-corrected chi connectivity index (χ2v) is 3.84. The first-order chi connectivity index (χ1) is 7.09. The van der Waals surface area contributed by atoms with Crippen LogP contribution in [0.2, 0.25) is 10.3 Å². The van der Waals surface area contributed by atoms with Crippen molar-refractivity contribution in [2.24, 2.45) is 0 Å². The summed E-state index contributed by atoms with van der Waals surface area (Å²) in [6.45, 7) is 3.86. The molecule has 15 heavy (non-hydrogen) atoms. The molecule has 0 aromatic carbocycles. The van der Waals surface area contributed by atoms with E-state index in [2.05, 4.69) is 15.0 Å². The van der Waals surface area contributed by atoms with Gasteiger partial charge in [-0.15, -0.1) is 0 Å². The molecule has 2 aromatic heterocycles. The van der Waals surface area contributed by atoms with E-state index in [0.717, 1.165) is 11.4 Å². The van der Waals surface area contributed by atoms with Crippen molar-refractivity contribution in [1.82, 2.24) is 19.5 Å². The molecule has 2 aromatic rings. The molecule has 0 aliphatic heterocycles. The third kappa shape index (κ3) is 1.82. The van der Waals surface area contributed by atoms with Crippen LogP contribution < -0.4 is 0 Å². The number of hydrogen-bond donors (Lipinski definition) is 0. The molecule has 0 radical (unpaired) electrons. The van der Waals surface area contributed by atoms with E-state index in [1.165, 1.54) is 6.20 Å². The van der Waals surface area contributed by atoms with E-state index in [1.807, 2.05) is 13.8 Å². The summed E-state index contributed by atoms with van der Waals surface area (Å²) in [5.74, 6) is 0.551. The van der Waals surface area contributed by atoms with Gasteiger partial charge in [0.15, 0.2) is 5.82 Å². The van der Waals surface area contributed by atoms with Crippen LogP contribution in [0.4, 0.5) is 0 Å². The second kappa shape index (κ2) is 3.79. The Balaban J connectivity index is 2.63. The van der Waals surface area contributed by atoms with E-state index in [1.54, 1.807) is 10.9 Å². The maximum absolute atomic E-state index is 5.98. The van der Waals surface area contributed by atoms with Crippen molar-refractivity contribution in [1.29, 1.82) is 0 Å². The number of halogens is 2. The van der Waals surface area contributed by atoms with Gasteiger partial charge in [0.1, 0.15) is 11.3 Å². The lowest BCUT2D eigenvalue weighted by Gasteiger charge is -2.05. The summed E-state index contributed by atoms with van der Waals surface area (Å²) >= 11 is 11.7. The fourth-order valence-corrected chi connectivity index (χ4v) is 1.53. The molecule has 0 spiro atoms. The Hall–Kier alpha value is -1.13. The highest BCUT2D eigenvalue weighted by Crippen LogP contribution is 2.20. The zero-order valence-corrected chi connectivity index (χ0v) is 9.71. The van der Waals surface area contributed by atoms with Gasteiger partial charge < -0.3 is 0 Å². The van der Waals surface area contributed by atoms with Crippen LogP contribution in [0.3, 0.4) is 0 Å². The summed E-state index contributed by atoms with van der Waals surface area (Å²) < 4.78 is 1.78. The molecule has 0 N–H and O–H groups in total. The molecule has 0 amide bonds. The molecule has 0 atom stereocenters. The predicted octanol–water partition coefficient (Wildman–Crippen LogP) is 2.59. The van der Waals surface area contributed by atoms with Crippen molar-refractivity contribution in [3.05, 3.63) is 34.2 Å². The highest BCUT2D eigenvalue weighted by Gasteiger charge is 2.10. The Morgan fingerprint density at radius 3 is 2.53 bits per heavy atom. The summed E-state index contributed by atoms with van der Waals surface area (Å²) in [5.41, 5.74) is 1.91. The van der Waals surface area contributed by atoms with Gasteiger partial charge in [0.05, 0.1) is 11.9 Å². The van der Waals surface area contributed by atoms with Crippen LogP contribution in [0.15, 0.2) is 12.5 Å². The van der Waals surface area contributed by atoms with E-state index in [0.29, 0.717) is 10.8 Å². The molecule has 6 heteroatoms. The lowest BCUT2D eigenvalue weighted by molar-refractivity contribution is 0.935. The molecule has 0 bridgehead atoms. The van der Waals surface area contributed by atoms with Crippen LogP contribution in [-0.2, 0) is 0 Å². The van der Waals surface area contributed by atoms with E-state index < -0.39 is 0 Å².